The normalized spacial score (nSPS) is 12.5. The van der Waals surface area contributed by atoms with Gasteiger partial charge in [-0.15, -0.1) is 0 Å². The van der Waals surface area contributed by atoms with Gasteiger partial charge in [-0.3, -0.25) is 9.36 Å². The maximum Gasteiger partial charge on any atom is 0.270 e. The standard InChI is InChI=1S/C16H12BrClFN3O/c1-8(10-4-9(18)2-3-12(10)19)22-15-5-11(17)13(20)6-14(15)21-7-16(22)23/h2-8H,20H2,1H3/t8-/m0/s1. The Morgan fingerprint density at radius 1 is 1.35 bits per heavy atom. The van der Waals surface area contributed by atoms with Crippen LogP contribution in [0.25, 0.3) is 11.0 Å². The van der Waals surface area contributed by atoms with Crippen LogP contribution >= 0.6 is 27.5 Å². The molecule has 4 nitrogen and oxygen atoms in total. The molecule has 0 spiro atoms. The third-order valence-electron chi connectivity index (χ3n) is 3.70. The molecule has 7 heteroatoms. The number of benzene rings is 2. The molecule has 2 aromatic carbocycles. The van der Waals surface area contributed by atoms with Crippen LogP contribution < -0.4 is 11.3 Å². The van der Waals surface area contributed by atoms with Crippen molar-refractivity contribution in [3.8, 4) is 0 Å². The van der Waals surface area contributed by atoms with E-state index in [1.165, 1.54) is 29.0 Å². The SMILES string of the molecule is C[C@@H](c1cc(Cl)ccc1F)n1c(=O)cnc2cc(N)c(Br)cc21. The van der Waals surface area contributed by atoms with Crippen LogP contribution in [0, 0.1) is 5.82 Å². The molecule has 2 N–H and O–H groups in total. The van der Waals surface area contributed by atoms with Crippen LogP contribution in [0.15, 0.2) is 45.8 Å². The number of anilines is 1. The summed E-state index contributed by atoms with van der Waals surface area (Å²) in [6.07, 6.45) is 1.20. The summed E-state index contributed by atoms with van der Waals surface area (Å²) in [7, 11) is 0. The highest BCUT2D eigenvalue weighted by atomic mass is 79.9. The van der Waals surface area contributed by atoms with Crippen LogP contribution in [0.2, 0.25) is 5.02 Å². The molecule has 0 aliphatic heterocycles. The van der Waals surface area contributed by atoms with Crippen molar-refractivity contribution >= 4 is 44.3 Å². The minimum atomic E-state index is -0.553. The van der Waals surface area contributed by atoms with Crippen molar-refractivity contribution in [2.45, 2.75) is 13.0 Å². The Kier molecular flexibility index (Phi) is 4.12. The number of fused-ring (bicyclic) bond motifs is 1. The van der Waals surface area contributed by atoms with E-state index in [1.807, 2.05) is 0 Å². The number of hydrogen-bond donors (Lipinski definition) is 1. The second-order valence-electron chi connectivity index (χ2n) is 5.17. The molecule has 0 aliphatic carbocycles. The van der Waals surface area contributed by atoms with Crippen molar-refractivity contribution in [2.75, 3.05) is 5.73 Å². The summed E-state index contributed by atoms with van der Waals surface area (Å²) in [6, 6.07) is 7.09. The van der Waals surface area contributed by atoms with E-state index in [1.54, 1.807) is 19.1 Å². The zero-order valence-electron chi connectivity index (χ0n) is 12.1. The van der Waals surface area contributed by atoms with E-state index in [9.17, 15) is 9.18 Å². The van der Waals surface area contributed by atoms with E-state index in [4.69, 9.17) is 17.3 Å². The number of rotatable bonds is 2. The lowest BCUT2D eigenvalue weighted by Crippen LogP contribution is -2.25. The number of halogens is 3. The molecule has 0 saturated heterocycles. The molecule has 0 aliphatic rings. The Bertz CT molecular complexity index is 973. The first-order valence-electron chi connectivity index (χ1n) is 6.79. The fourth-order valence-corrected chi connectivity index (χ4v) is 3.05. The lowest BCUT2D eigenvalue weighted by atomic mass is 10.1. The molecule has 3 aromatic rings. The molecule has 1 atom stereocenters. The van der Waals surface area contributed by atoms with Gasteiger partial charge >= 0.3 is 0 Å². The Balaban J connectivity index is 2.30. The van der Waals surface area contributed by atoms with Crippen molar-refractivity contribution in [1.29, 1.82) is 0 Å². The molecule has 0 radical (unpaired) electrons. The van der Waals surface area contributed by atoms with Crippen LogP contribution in [-0.2, 0) is 0 Å². The average molecular weight is 397 g/mol. The van der Waals surface area contributed by atoms with Crippen molar-refractivity contribution in [3.63, 3.8) is 0 Å². The van der Waals surface area contributed by atoms with Crippen LogP contribution in [0.4, 0.5) is 10.1 Å². The predicted molar refractivity (Wildman–Crippen MR) is 93.3 cm³/mol. The van der Waals surface area contributed by atoms with Gasteiger partial charge in [-0.05, 0) is 53.2 Å². The highest BCUT2D eigenvalue weighted by Crippen LogP contribution is 2.29. The summed E-state index contributed by atoms with van der Waals surface area (Å²) in [5.74, 6) is -0.423. The summed E-state index contributed by atoms with van der Waals surface area (Å²) in [5, 5.41) is 0.407. The van der Waals surface area contributed by atoms with Crippen molar-refractivity contribution < 1.29 is 4.39 Å². The average Bonchev–Trinajstić information content (AvgIpc) is 2.51. The summed E-state index contributed by atoms with van der Waals surface area (Å²) in [4.78, 5) is 16.4. The van der Waals surface area contributed by atoms with Crippen molar-refractivity contribution in [1.82, 2.24) is 9.55 Å². The van der Waals surface area contributed by atoms with E-state index in [0.29, 0.717) is 31.8 Å². The van der Waals surface area contributed by atoms with Crippen LogP contribution in [-0.4, -0.2) is 9.55 Å². The van der Waals surface area contributed by atoms with Gasteiger partial charge in [0.1, 0.15) is 5.82 Å². The highest BCUT2D eigenvalue weighted by Gasteiger charge is 2.18. The molecule has 0 unspecified atom stereocenters. The first-order valence-corrected chi connectivity index (χ1v) is 7.97. The van der Waals surface area contributed by atoms with Crippen LogP contribution in [0.1, 0.15) is 18.5 Å². The summed E-state index contributed by atoms with van der Waals surface area (Å²) in [6.45, 7) is 1.74. The Morgan fingerprint density at radius 3 is 2.83 bits per heavy atom. The van der Waals surface area contributed by atoms with Crippen LogP contribution in [0.5, 0.6) is 0 Å². The zero-order valence-corrected chi connectivity index (χ0v) is 14.4. The van der Waals surface area contributed by atoms with Gasteiger partial charge in [0.05, 0.1) is 23.3 Å². The van der Waals surface area contributed by atoms with E-state index >= 15 is 0 Å². The minimum absolute atomic E-state index is 0.332. The first kappa shape index (κ1) is 16.0. The van der Waals surface area contributed by atoms with Gasteiger partial charge in [0, 0.05) is 20.7 Å². The molecular weight excluding hydrogens is 385 g/mol. The van der Waals surface area contributed by atoms with E-state index in [0.717, 1.165) is 0 Å². The fraction of sp³-hybridized carbons (Fsp3) is 0.125. The van der Waals surface area contributed by atoms with E-state index in [2.05, 4.69) is 20.9 Å². The molecular formula is C16H12BrClFN3O. The monoisotopic (exact) mass is 395 g/mol. The third-order valence-corrected chi connectivity index (χ3v) is 4.62. The number of nitrogen functional groups attached to an aromatic ring is 1. The van der Waals surface area contributed by atoms with Crippen LogP contribution in [0.3, 0.4) is 0 Å². The second kappa shape index (κ2) is 5.94. The summed E-state index contributed by atoms with van der Waals surface area (Å²) in [5.41, 5.74) is 7.48. The van der Waals surface area contributed by atoms with Gasteiger partial charge in [0.2, 0.25) is 0 Å². The van der Waals surface area contributed by atoms with Crippen molar-refractivity contribution in [3.05, 3.63) is 67.8 Å². The molecule has 0 bridgehead atoms. The number of nitrogens with zero attached hydrogens (tertiary/aromatic N) is 2. The molecule has 0 amide bonds. The summed E-state index contributed by atoms with van der Waals surface area (Å²) < 4.78 is 16.3. The zero-order chi connectivity index (χ0) is 16.7. The fourth-order valence-electron chi connectivity index (χ4n) is 2.54. The van der Waals surface area contributed by atoms with E-state index in [-0.39, 0.29) is 5.56 Å². The van der Waals surface area contributed by atoms with Gasteiger partial charge in [-0.1, -0.05) is 11.6 Å². The lowest BCUT2D eigenvalue weighted by Gasteiger charge is -2.19. The molecule has 118 valence electrons. The molecule has 0 fully saturated rings. The molecule has 3 rings (SSSR count). The first-order chi connectivity index (χ1) is 10.9. The smallest absolute Gasteiger partial charge is 0.270 e. The maximum atomic E-state index is 14.2. The Hall–Kier alpha value is -1.92. The topological polar surface area (TPSA) is 60.9 Å². The largest absolute Gasteiger partial charge is 0.398 e. The predicted octanol–water partition coefficient (Wildman–Crippen LogP) is 4.14. The lowest BCUT2D eigenvalue weighted by molar-refractivity contribution is 0.556. The third kappa shape index (κ3) is 2.84. The Morgan fingerprint density at radius 2 is 2.09 bits per heavy atom. The number of nitrogens with two attached hydrogens (primary N) is 1. The van der Waals surface area contributed by atoms with Gasteiger partial charge < -0.3 is 5.73 Å². The van der Waals surface area contributed by atoms with E-state index < -0.39 is 11.9 Å². The van der Waals surface area contributed by atoms with Gasteiger partial charge in [0.25, 0.3) is 5.56 Å². The quantitative estimate of drug-likeness (QED) is 0.662. The molecule has 1 heterocycles. The highest BCUT2D eigenvalue weighted by molar-refractivity contribution is 9.10. The summed E-state index contributed by atoms with van der Waals surface area (Å²) >= 11 is 9.31. The second-order valence-corrected chi connectivity index (χ2v) is 6.46. The number of aromatic nitrogens is 2. The van der Waals surface area contributed by atoms with Crippen molar-refractivity contribution in [2.24, 2.45) is 0 Å². The Labute approximate surface area is 144 Å². The molecule has 0 saturated carbocycles. The number of hydrogen-bond acceptors (Lipinski definition) is 3. The van der Waals surface area contributed by atoms with Gasteiger partial charge in [-0.2, -0.15) is 0 Å². The minimum Gasteiger partial charge on any atom is -0.398 e. The maximum absolute atomic E-state index is 14.2. The molecule has 23 heavy (non-hydrogen) atoms. The molecule has 1 aromatic heterocycles. The van der Waals surface area contributed by atoms with Gasteiger partial charge in [0.15, 0.2) is 0 Å². The van der Waals surface area contributed by atoms with Gasteiger partial charge in [-0.25, -0.2) is 9.37 Å².